The Labute approximate surface area is 186 Å². The van der Waals surface area contributed by atoms with E-state index in [1.807, 2.05) is 24.3 Å². The van der Waals surface area contributed by atoms with Gasteiger partial charge in [-0.1, -0.05) is 23.9 Å². The average molecular weight is 451 g/mol. The number of hydrogen-bond acceptors (Lipinski definition) is 9. The fourth-order valence-electron chi connectivity index (χ4n) is 2.82. The van der Waals surface area contributed by atoms with Crippen LogP contribution in [0.25, 0.3) is 0 Å². The van der Waals surface area contributed by atoms with E-state index in [2.05, 4.69) is 36.3 Å². The average Bonchev–Trinajstić information content (AvgIpc) is 3.36. The predicted octanol–water partition coefficient (Wildman–Crippen LogP) is 1.87. The Bertz CT molecular complexity index is 1220. The number of aromatic amines is 1. The highest BCUT2D eigenvalue weighted by Gasteiger charge is 2.26. The van der Waals surface area contributed by atoms with Crippen LogP contribution in [0.2, 0.25) is 0 Å². The zero-order chi connectivity index (χ0) is 22.5. The van der Waals surface area contributed by atoms with Crippen LogP contribution in [-0.2, 0) is 4.79 Å². The van der Waals surface area contributed by atoms with Gasteiger partial charge in [-0.25, -0.2) is 10.5 Å². The first-order valence-electron chi connectivity index (χ1n) is 9.30. The molecule has 1 aromatic heterocycles. The molecule has 11 nitrogen and oxygen atoms in total. The minimum absolute atomic E-state index is 0.0482. The first kappa shape index (κ1) is 21.1. The number of carbonyl (C=O) groups is 3. The number of hydrogen-bond donors (Lipinski definition) is 4. The van der Waals surface area contributed by atoms with Crippen LogP contribution in [0.3, 0.4) is 0 Å². The van der Waals surface area contributed by atoms with Gasteiger partial charge in [-0.3, -0.25) is 19.7 Å². The third kappa shape index (κ3) is 4.92. The number of thioether (sulfide) groups is 1. The lowest BCUT2D eigenvalue weighted by Crippen LogP contribution is -2.19. The summed E-state index contributed by atoms with van der Waals surface area (Å²) in [5.41, 5.74) is 4.52. The number of methoxy groups -OCH3 is 1. The Morgan fingerprint density at radius 3 is 2.88 bits per heavy atom. The molecule has 162 valence electrons. The molecule has 0 radical (unpaired) electrons. The van der Waals surface area contributed by atoms with E-state index >= 15 is 0 Å². The van der Waals surface area contributed by atoms with Crippen LogP contribution in [0, 0.1) is 0 Å². The second kappa shape index (κ2) is 9.31. The molecule has 0 bridgehead atoms. The molecule has 0 saturated heterocycles. The molecule has 32 heavy (non-hydrogen) atoms. The van der Waals surface area contributed by atoms with Crippen molar-refractivity contribution in [1.82, 2.24) is 20.5 Å². The maximum Gasteiger partial charge on any atom is 0.259 e. The van der Waals surface area contributed by atoms with E-state index in [1.54, 1.807) is 19.4 Å². The van der Waals surface area contributed by atoms with E-state index in [4.69, 9.17) is 4.74 Å². The molecule has 3 aromatic rings. The summed E-state index contributed by atoms with van der Waals surface area (Å²) in [6, 6.07) is 11.9. The fourth-order valence-corrected chi connectivity index (χ4v) is 3.42. The van der Waals surface area contributed by atoms with E-state index in [-0.39, 0.29) is 22.8 Å². The lowest BCUT2D eigenvalue weighted by Gasteiger charge is -2.05. The van der Waals surface area contributed by atoms with E-state index in [1.165, 1.54) is 12.1 Å². The number of amides is 3. The Balaban J connectivity index is 1.27. The highest BCUT2D eigenvalue weighted by molar-refractivity contribution is 7.99. The lowest BCUT2D eigenvalue weighted by atomic mass is 10.1. The van der Waals surface area contributed by atoms with E-state index in [9.17, 15) is 14.4 Å². The standard InChI is InChI=1S/C20H17N7O4S/c1-31-13-4-2-3-11(7-13)9-21-25-19-24-20(27-26-19)32-10-16(28)22-12-5-6-14-15(8-12)18(30)23-17(14)29/h2-9H,10H2,1H3,(H,22,28)(H,23,29,30)(H2,24,25,26,27)/b21-9-. The number of rotatable bonds is 8. The number of imide groups is 1. The van der Waals surface area contributed by atoms with Gasteiger partial charge in [-0.2, -0.15) is 10.1 Å². The number of H-pyrrole nitrogens is 1. The minimum atomic E-state index is -0.481. The van der Waals surface area contributed by atoms with Crippen LogP contribution in [-0.4, -0.2) is 52.0 Å². The molecule has 4 rings (SSSR count). The molecule has 0 fully saturated rings. The molecule has 12 heteroatoms. The van der Waals surface area contributed by atoms with Crippen molar-refractivity contribution in [2.45, 2.75) is 5.16 Å². The third-order valence-corrected chi connectivity index (χ3v) is 5.14. The summed E-state index contributed by atoms with van der Waals surface area (Å²) in [6.07, 6.45) is 1.61. The van der Waals surface area contributed by atoms with Gasteiger partial charge in [0.05, 0.1) is 30.2 Å². The van der Waals surface area contributed by atoms with Crippen LogP contribution >= 0.6 is 11.8 Å². The third-order valence-electron chi connectivity index (χ3n) is 4.29. The lowest BCUT2D eigenvalue weighted by molar-refractivity contribution is -0.113. The molecule has 0 spiro atoms. The molecule has 0 unspecified atom stereocenters. The number of carbonyl (C=O) groups excluding carboxylic acids is 3. The van der Waals surface area contributed by atoms with E-state index < -0.39 is 11.8 Å². The number of nitrogens with one attached hydrogen (secondary N) is 4. The van der Waals surface area contributed by atoms with Gasteiger partial charge >= 0.3 is 0 Å². The summed E-state index contributed by atoms with van der Waals surface area (Å²) in [7, 11) is 1.59. The van der Waals surface area contributed by atoms with Crippen molar-refractivity contribution in [3.8, 4) is 5.75 Å². The number of fused-ring (bicyclic) bond motifs is 1. The molecular weight excluding hydrogens is 434 g/mol. The van der Waals surface area contributed by atoms with E-state index in [0.717, 1.165) is 23.1 Å². The van der Waals surface area contributed by atoms with Gasteiger partial charge in [-0.15, -0.1) is 5.10 Å². The molecular formula is C20H17N7O4S. The predicted molar refractivity (Wildman–Crippen MR) is 118 cm³/mol. The molecule has 3 amide bonds. The summed E-state index contributed by atoms with van der Waals surface area (Å²) in [6.45, 7) is 0. The monoisotopic (exact) mass is 451 g/mol. The minimum Gasteiger partial charge on any atom is -0.497 e. The zero-order valence-corrected chi connectivity index (χ0v) is 17.5. The first-order valence-corrected chi connectivity index (χ1v) is 10.3. The molecule has 1 aliphatic heterocycles. The fraction of sp³-hybridized carbons (Fsp3) is 0.100. The van der Waals surface area contributed by atoms with Crippen LogP contribution in [0.4, 0.5) is 11.6 Å². The number of nitrogens with zero attached hydrogens (tertiary/aromatic N) is 3. The molecule has 2 aromatic carbocycles. The van der Waals surface area contributed by atoms with Gasteiger partial charge < -0.3 is 10.1 Å². The largest absolute Gasteiger partial charge is 0.497 e. The normalized spacial score (nSPS) is 12.5. The second-order valence-corrected chi connectivity index (χ2v) is 7.44. The summed E-state index contributed by atoms with van der Waals surface area (Å²) in [5.74, 6) is -0.142. The van der Waals surface area contributed by atoms with Crippen LogP contribution in [0.15, 0.2) is 52.7 Å². The summed E-state index contributed by atoms with van der Waals surface area (Å²) >= 11 is 1.12. The number of aromatic nitrogens is 3. The van der Waals surface area contributed by atoms with Crippen molar-refractivity contribution in [1.29, 1.82) is 0 Å². The SMILES string of the molecule is COc1cccc(/C=N\Nc2nc(SCC(=O)Nc3ccc4c(c3)C(=O)NC4=O)n[nH]2)c1. The molecule has 0 atom stereocenters. The molecule has 0 aliphatic carbocycles. The van der Waals surface area contributed by atoms with Gasteiger partial charge in [0.15, 0.2) is 0 Å². The highest BCUT2D eigenvalue weighted by Crippen LogP contribution is 2.21. The smallest absolute Gasteiger partial charge is 0.259 e. The molecule has 0 saturated carbocycles. The highest BCUT2D eigenvalue weighted by atomic mass is 32.2. The van der Waals surface area contributed by atoms with Crippen LogP contribution in [0.1, 0.15) is 26.3 Å². The van der Waals surface area contributed by atoms with Gasteiger partial charge in [0.1, 0.15) is 5.75 Å². The van der Waals surface area contributed by atoms with Crippen molar-refractivity contribution in [3.63, 3.8) is 0 Å². The quantitative estimate of drug-likeness (QED) is 0.175. The van der Waals surface area contributed by atoms with Gasteiger partial charge in [0, 0.05) is 5.69 Å². The van der Waals surface area contributed by atoms with Crippen LogP contribution < -0.4 is 20.8 Å². The number of anilines is 2. The van der Waals surface area contributed by atoms with Gasteiger partial charge in [0.2, 0.25) is 17.0 Å². The van der Waals surface area contributed by atoms with Crippen molar-refractivity contribution in [3.05, 3.63) is 59.2 Å². The summed E-state index contributed by atoms with van der Waals surface area (Å²) in [4.78, 5) is 39.7. The van der Waals surface area contributed by atoms with Crippen LogP contribution in [0.5, 0.6) is 5.75 Å². The Hall–Kier alpha value is -4.19. The number of ether oxygens (including phenoxy) is 1. The Morgan fingerprint density at radius 1 is 1.19 bits per heavy atom. The van der Waals surface area contributed by atoms with Crippen molar-refractivity contribution >= 4 is 47.3 Å². The number of hydrazone groups is 1. The zero-order valence-electron chi connectivity index (χ0n) is 16.7. The van der Waals surface area contributed by atoms with Crippen molar-refractivity contribution < 1.29 is 19.1 Å². The maximum atomic E-state index is 12.2. The topological polar surface area (TPSA) is 150 Å². The first-order chi connectivity index (χ1) is 15.5. The van der Waals surface area contributed by atoms with Crippen molar-refractivity contribution in [2.75, 3.05) is 23.6 Å². The second-order valence-electron chi connectivity index (χ2n) is 6.49. The maximum absolute atomic E-state index is 12.2. The van der Waals surface area contributed by atoms with Gasteiger partial charge in [0.25, 0.3) is 11.8 Å². The molecule has 1 aliphatic rings. The Kier molecular flexibility index (Phi) is 6.12. The van der Waals surface area contributed by atoms with Gasteiger partial charge in [-0.05, 0) is 35.9 Å². The number of benzene rings is 2. The van der Waals surface area contributed by atoms with E-state index in [0.29, 0.717) is 16.8 Å². The summed E-state index contributed by atoms with van der Waals surface area (Å²) < 4.78 is 5.16. The molecule has 2 heterocycles. The Morgan fingerprint density at radius 2 is 2.03 bits per heavy atom. The molecule has 4 N–H and O–H groups in total. The summed E-state index contributed by atoms with van der Waals surface area (Å²) in [5, 5.41) is 16.0. The van der Waals surface area contributed by atoms with Crippen molar-refractivity contribution in [2.24, 2.45) is 5.10 Å².